The number of aromatic nitrogens is 1. The average Bonchev–Trinajstić information content (AvgIpc) is 2.75. The molecule has 1 aromatic carbocycles. The highest BCUT2D eigenvalue weighted by Crippen LogP contribution is 2.28. The lowest BCUT2D eigenvalue weighted by Gasteiger charge is -2.15. The number of hydrogen-bond acceptors (Lipinski definition) is 4. The second-order valence-electron chi connectivity index (χ2n) is 4.58. The molecule has 2 rings (SSSR count). The molecule has 0 aliphatic heterocycles. The first-order chi connectivity index (χ1) is 9.13. The molecule has 1 unspecified atom stereocenters. The Morgan fingerprint density at radius 2 is 2.16 bits per heavy atom. The summed E-state index contributed by atoms with van der Waals surface area (Å²) in [5, 5.41) is 4.51. The fourth-order valence-corrected chi connectivity index (χ4v) is 3.27. The van der Waals surface area contributed by atoms with Crippen molar-refractivity contribution in [3.05, 3.63) is 45.4 Å². The number of likely N-dealkylation sites (N-methyl/N-ethyl adjacent to an activating group) is 1. The zero-order chi connectivity index (χ0) is 13.8. The molecule has 1 heterocycles. The summed E-state index contributed by atoms with van der Waals surface area (Å²) < 4.78 is 5.27. The van der Waals surface area contributed by atoms with E-state index in [1.807, 2.05) is 19.2 Å². The van der Waals surface area contributed by atoms with E-state index in [-0.39, 0.29) is 0 Å². The average molecular weight is 276 g/mol. The van der Waals surface area contributed by atoms with Gasteiger partial charge >= 0.3 is 0 Å². The Hall–Kier alpha value is -1.39. The highest BCUT2D eigenvalue weighted by atomic mass is 32.1. The highest BCUT2D eigenvalue weighted by molar-refractivity contribution is 7.11. The Morgan fingerprint density at radius 1 is 1.37 bits per heavy atom. The SMILES string of the molecule is CNC(Cc1cccc(OC)c1)c1sc(C)nc1C. The van der Waals surface area contributed by atoms with Gasteiger partial charge in [-0.2, -0.15) is 0 Å². The van der Waals surface area contributed by atoms with E-state index in [0.717, 1.165) is 22.9 Å². The van der Waals surface area contributed by atoms with Crippen molar-refractivity contribution in [3.8, 4) is 5.75 Å². The first-order valence-electron chi connectivity index (χ1n) is 6.38. The summed E-state index contributed by atoms with van der Waals surface area (Å²) in [6.45, 7) is 4.13. The van der Waals surface area contributed by atoms with Crippen molar-refractivity contribution < 1.29 is 4.74 Å². The molecule has 0 saturated carbocycles. The number of methoxy groups -OCH3 is 1. The molecule has 1 aromatic heterocycles. The molecule has 1 N–H and O–H groups in total. The van der Waals surface area contributed by atoms with E-state index in [0.29, 0.717) is 6.04 Å². The van der Waals surface area contributed by atoms with Crippen molar-refractivity contribution in [1.82, 2.24) is 10.3 Å². The number of nitrogens with one attached hydrogen (secondary N) is 1. The molecule has 102 valence electrons. The van der Waals surface area contributed by atoms with Crippen LogP contribution in [0.5, 0.6) is 5.75 Å². The molecule has 19 heavy (non-hydrogen) atoms. The predicted octanol–water partition coefficient (Wildman–Crippen LogP) is 3.27. The van der Waals surface area contributed by atoms with Gasteiger partial charge in [-0.1, -0.05) is 12.1 Å². The van der Waals surface area contributed by atoms with Crippen LogP contribution in [0.25, 0.3) is 0 Å². The molecule has 2 aromatic rings. The monoisotopic (exact) mass is 276 g/mol. The van der Waals surface area contributed by atoms with Gasteiger partial charge in [-0.25, -0.2) is 4.98 Å². The van der Waals surface area contributed by atoms with E-state index in [2.05, 4.69) is 36.3 Å². The fourth-order valence-electron chi connectivity index (χ4n) is 2.23. The van der Waals surface area contributed by atoms with Crippen molar-refractivity contribution in [2.75, 3.05) is 14.2 Å². The molecule has 0 bridgehead atoms. The van der Waals surface area contributed by atoms with Crippen LogP contribution in [-0.4, -0.2) is 19.1 Å². The maximum Gasteiger partial charge on any atom is 0.119 e. The minimum absolute atomic E-state index is 0.304. The van der Waals surface area contributed by atoms with Gasteiger partial charge in [-0.05, 0) is 45.0 Å². The quantitative estimate of drug-likeness (QED) is 0.910. The molecule has 0 spiro atoms. The lowest BCUT2D eigenvalue weighted by molar-refractivity contribution is 0.414. The molecule has 0 fully saturated rings. The van der Waals surface area contributed by atoms with Crippen LogP contribution in [0.3, 0.4) is 0 Å². The van der Waals surface area contributed by atoms with Gasteiger partial charge in [0.1, 0.15) is 5.75 Å². The second kappa shape index (κ2) is 6.17. The van der Waals surface area contributed by atoms with Crippen LogP contribution in [0.2, 0.25) is 0 Å². The number of ether oxygens (including phenoxy) is 1. The van der Waals surface area contributed by atoms with E-state index in [4.69, 9.17) is 4.74 Å². The first kappa shape index (κ1) is 14.0. The summed E-state index contributed by atoms with van der Waals surface area (Å²) in [6.07, 6.45) is 0.941. The summed E-state index contributed by atoms with van der Waals surface area (Å²) in [4.78, 5) is 5.83. The Bertz CT molecular complexity index is 551. The predicted molar refractivity (Wildman–Crippen MR) is 80.1 cm³/mol. The second-order valence-corrected chi connectivity index (χ2v) is 5.81. The molecule has 0 amide bonds. The number of rotatable bonds is 5. The van der Waals surface area contributed by atoms with Crippen molar-refractivity contribution >= 4 is 11.3 Å². The summed E-state index contributed by atoms with van der Waals surface area (Å²) in [6, 6.07) is 8.54. The first-order valence-corrected chi connectivity index (χ1v) is 7.19. The third kappa shape index (κ3) is 3.33. The maximum absolute atomic E-state index is 5.27. The molecule has 3 nitrogen and oxygen atoms in total. The Labute approximate surface area is 118 Å². The van der Waals surface area contributed by atoms with Gasteiger partial charge in [0.2, 0.25) is 0 Å². The van der Waals surface area contributed by atoms with Gasteiger partial charge in [0.05, 0.1) is 17.8 Å². The highest BCUT2D eigenvalue weighted by Gasteiger charge is 2.16. The third-order valence-electron chi connectivity index (χ3n) is 3.18. The molecular weight excluding hydrogens is 256 g/mol. The molecule has 0 aliphatic carbocycles. The van der Waals surface area contributed by atoms with Crippen LogP contribution in [-0.2, 0) is 6.42 Å². The van der Waals surface area contributed by atoms with Crippen LogP contribution >= 0.6 is 11.3 Å². The number of hydrogen-bond donors (Lipinski definition) is 1. The normalized spacial score (nSPS) is 12.4. The summed E-state index contributed by atoms with van der Waals surface area (Å²) in [5.74, 6) is 0.907. The van der Waals surface area contributed by atoms with E-state index in [1.54, 1.807) is 18.4 Å². The van der Waals surface area contributed by atoms with Gasteiger partial charge in [-0.3, -0.25) is 0 Å². The molecule has 0 aliphatic rings. The zero-order valence-corrected chi connectivity index (χ0v) is 12.7. The standard InChI is InChI=1S/C15H20N2OS/c1-10-15(19-11(2)17-10)14(16-3)9-12-6-5-7-13(8-12)18-4/h5-8,14,16H,9H2,1-4H3. The summed E-state index contributed by atoms with van der Waals surface area (Å²) in [5.41, 5.74) is 2.40. The smallest absolute Gasteiger partial charge is 0.119 e. The zero-order valence-electron chi connectivity index (χ0n) is 11.9. The minimum atomic E-state index is 0.304. The number of benzene rings is 1. The number of thiazole rings is 1. The van der Waals surface area contributed by atoms with E-state index in [9.17, 15) is 0 Å². The van der Waals surface area contributed by atoms with Gasteiger partial charge < -0.3 is 10.1 Å². The van der Waals surface area contributed by atoms with E-state index >= 15 is 0 Å². The van der Waals surface area contributed by atoms with Crippen LogP contribution in [0, 0.1) is 13.8 Å². The van der Waals surface area contributed by atoms with Crippen molar-refractivity contribution in [2.24, 2.45) is 0 Å². The lowest BCUT2D eigenvalue weighted by atomic mass is 10.0. The van der Waals surface area contributed by atoms with Crippen LogP contribution < -0.4 is 10.1 Å². The Morgan fingerprint density at radius 3 is 2.74 bits per heavy atom. The van der Waals surface area contributed by atoms with Gasteiger partial charge in [0, 0.05) is 10.9 Å². The van der Waals surface area contributed by atoms with Gasteiger partial charge in [0.25, 0.3) is 0 Å². The Kier molecular flexibility index (Phi) is 4.56. The third-order valence-corrected chi connectivity index (χ3v) is 4.36. The number of aryl methyl sites for hydroxylation is 2. The summed E-state index contributed by atoms with van der Waals surface area (Å²) >= 11 is 1.77. The van der Waals surface area contributed by atoms with Crippen LogP contribution in [0.4, 0.5) is 0 Å². The fraction of sp³-hybridized carbons (Fsp3) is 0.400. The van der Waals surface area contributed by atoms with Crippen LogP contribution in [0.15, 0.2) is 24.3 Å². The van der Waals surface area contributed by atoms with E-state index < -0.39 is 0 Å². The molecular formula is C15H20N2OS. The molecule has 4 heteroatoms. The van der Waals surface area contributed by atoms with Crippen molar-refractivity contribution in [3.63, 3.8) is 0 Å². The van der Waals surface area contributed by atoms with Crippen molar-refractivity contribution in [2.45, 2.75) is 26.3 Å². The topological polar surface area (TPSA) is 34.1 Å². The number of nitrogens with zero attached hydrogens (tertiary/aromatic N) is 1. The molecule has 1 atom stereocenters. The van der Waals surface area contributed by atoms with Gasteiger partial charge in [0.15, 0.2) is 0 Å². The lowest BCUT2D eigenvalue weighted by Crippen LogP contribution is -2.18. The largest absolute Gasteiger partial charge is 0.497 e. The molecule has 0 saturated heterocycles. The molecule has 0 radical (unpaired) electrons. The van der Waals surface area contributed by atoms with E-state index in [1.165, 1.54) is 10.4 Å². The Balaban J connectivity index is 2.21. The van der Waals surface area contributed by atoms with Crippen LogP contribution in [0.1, 0.15) is 27.2 Å². The summed E-state index contributed by atoms with van der Waals surface area (Å²) in [7, 11) is 3.70. The van der Waals surface area contributed by atoms with Gasteiger partial charge in [-0.15, -0.1) is 11.3 Å². The maximum atomic E-state index is 5.27. The van der Waals surface area contributed by atoms with Crippen molar-refractivity contribution in [1.29, 1.82) is 0 Å². The minimum Gasteiger partial charge on any atom is -0.497 e.